The molecule has 0 radical (unpaired) electrons. The Bertz CT molecular complexity index is 463. The van der Waals surface area contributed by atoms with E-state index in [0.717, 1.165) is 0 Å². The van der Waals surface area contributed by atoms with Gasteiger partial charge in [-0.05, 0) is 6.07 Å². The minimum Gasteiger partial charge on any atom is -0.507 e. The summed E-state index contributed by atoms with van der Waals surface area (Å²) >= 11 is 0. The number of aromatic carboxylic acids is 1. The molecule has 0 saturated heterocycles. The summed E-state index contributed by atoms with van der Waals surface area (Å²) in [6, 6.07) is 2.37. The Morgan fingerprint density at radius 3 is 2.75 bits per heavy atom. The molecule has 0 aliphatic heterocycles. The highest BCUT2D eigenvalue weighted by molar-refractivity contribution is 5.91. The Morgan fingerprint density at radius 1 is 1.56 bits per heavy atom. The van der Waals surface area contributed by atoms with E-state index in [1.807, 2.05) is 0 Å². The summed E-state index contributed by atoms with van der Waals surface area (Å²) in [5, 5.41) is 18.4. The van der Waals surface area contributed by atoms with E-state index in [2.05, 4.69) is 4.99 Å². The number of carbonyl (C=O) groups is 1. The molecule has 6 nitrogen and oxygen atoms in total. The van der Waals surface area contributed by atoms with E-state index in [1.165, 1.54) is 25.3 Å². The van der Waals surface area contributed by atoms with E-state index in [4.69, 9.17) is 9.84 Å². The van der Waals surface area contributed by atoms with Crippen molar-refractivity contribution in [1.82, 2.24) is 0 Å². The maximum absolute atomic E-state index is 10.8. The second kappa shape index (κ2) is 4.95. The Labute approximate surface area is 90.8 Å². The molecule has 2 N–H and O–H groups in total. The average Bonchev–Trinajstić information content (AvgIpc) is 2.26. The maximum Gasteiger partial charge on any atom is 0.339 e. The van der Waals surface area contributed by atoms with E-state index in [0.29, 0.717) is 0 Å². The smallest absolute Gasteiger partial charge is 0.339 e. The Balaban J connectivity index is 3.26. The van der Waals surface area contributed by atoms with Crippen LogP contribution in [0.15, 0.2) is 17.1 Å². The summed E-state index contributed by atoms with van der Waals surface area (Å²) in [7, 11) is 1.30. The van der Waals surface area contributed by atoms with Crippen molar-refractivity contribution in [2.75, 3.05) is 7.11 Å². The lowest BCUT2D eigenvalue weighted by Gasteiger charge is -2.08. The van der Waals surface area contributed by atoms with Crippen LogP contribution in [0.1, 0.15) is 15.9 Å². The topological polar surface area (TPSA) is 96.2 Å². The molecule has 1 aromatic rings. The first-order valence-corrected chi connectivity index (χ1v) is 4.27. The molecule has 0 aromatic heterocycles. The Hall–Kier alpha value is -2.33. The molecule has 1 aromatic carbocycles. The fourth-order valence-electron chi connectivity index (χ4n) is 1.19. The number of hydrogen-bond donors (Lipinski definition) is 2. The number of phenolic OH excluding ortho intramolecular Hbond substituents is 1. The highest BCUT2D eigenvalue weighted by Crippen LogP contribution is 2.28. The van der Waals surface area contributed by atoms with E-state index in [1.54, 1.807) is 0 Å². The summed E-state index contributed by atoms with van der Waals surface area (Å²) in [5.74, 6) is -1.32. The van der Waals surface area contributed by atoms with Gasteiger partial charge in [0.25, 0.3) is 0 Å². The van der Waals surface area contributed by atoms with Crippen molar-refractivity contribution in [1.29, 1.82) is 0 Å². The van der Waals surface area contributed by atoms with Gasteiger partial charge in [0.1, 0.15) is 17.1 Å². The number of aliphatic imine (C=N–C) groups is 1. The lowest BCUT2D eigenvalue weighted by Crippen LogP contribution is -2.01. The molecular formula is C10H9NO5. The average molecular weight is 223 g/mol. The zero-order chi connectivity index (χ0) is 12.1. The SMILES string of the molecule is COc1cc(O)c(CN=C=O)cc1C(=O)O. The number of phenols is 1. The zero-order valence-electron chi connectivity index (χ0n) is 8.43. The van der Waals surface area contributed by atoms with E-state index < -0.39 is 5.97 Å². The second-order valence-electron chi connectivity index (χ2n) is 2.89. The first-order valence-electron chi connectivity index (χ1n) is 4.27. The predicted molar refractivity (Wildman–Crippen MR) is 53.4 cm³/mol. The van der Waals surface area contributed by atoms with Crippen LogP contribution in [0.25, 0.3) is 0 Å². The van der Waals surface area contributed by atoms with Crippen molar-refractivity contribution < 1.29 is 24.5 Å². The van der Waals surface area contributed by atoms with Gasteiger partial charge in [-0.2, -0.15) is 0 Å². The van der Waals surface area contributed by atoms with Gasteiger partial charge in [-0.15, -0.1) is 0 Å². The molecule has 0 heterocycles. The van der Waals surface area contributed by atoms with Gasteiger partial charge in [0.05, 0.1) is 13.7 Å². The van der Waals surface area contributed by atoms with Crippen molar-refractivity contribution in [3.63, 3.8) is 0 Å². The number of aromatic hydroxyl groups is 1. The monoisotopic (exact) mass is 223 g/mol. The molecule has 0 unspecified atom stereocenters. The van der Waals surface area contributed by atoms with E-state index >= 15 is 0 Å². The summed E-state index contributed by atoms with van der Waals surface area (Å²) in [4.78, 5) is 24.0. The van der Waals surface area contributed by atoms with Crippen LogP contribution in [0.4, 0.5) is 0 Å². The van der Waals surface area contributed by atoms with Crippen molar-refractivity contribution in [3.8, 4) is 11.5 Å². The number of hydrogen-bond acceptors (Lipinski definition) is 5. The number of rotatable bonds is 4. The van der Waals surface area contributed by atoms with Gasteiger partial charge < -0.3 is 14.9 Å². The van der Waals surface area contributed by atoms with Gasteiger partial charge in [-0.25, -0.2) is 14.6 Å². The Kier molecular flexibility index (Phi) is 3.63. The van der Waals surface area contributed by atoms with Gasteiger partial charge in [-0.3, -0.25) is 0 Å². The number of benzene rings is 1. The highest BCUT2D eigenvalue weighted by atomic mass is 16.5. The molecule has 0 amide bonds. The molecule has 0 bridgehead atoms. The van der Waals surface area contributed by atoms with Crippen LogP contribution in [0.2, 0.25) is 0 Å². The zero-order valence-corrected chi connectivity index (χ0v) is 8.43. The maximum atomic E-state index is 10.8. The number of carboxylic acid groups (broad SMARTS) is 1. The summed E-state index contributed by atoms with van der Waals surface area (Å²) in [6.45, 7) is -0.125. The molecular weight excluding hydrogens is 214 g/mol. The minimum atomic E-state index is -1.19. The molecule has 0 saturated carbocycles. The first kappa shape index (κ1) is 11.7. The van der Waals surface area contributed by atoms with E-state index in [-0.39, 0.29) is 29.2 Å². The standard InChI is InChI=1S/C10H9NO5/c1-16-9-3-8(13)6(4-11-5-12)2-7(9)10(14)15/h2-3,13H,4H2,1H3,(H,14,15). The number of ether oxygens (including phenoxy) is 1. The molecule has 0 aliphatic rings. The summed E-state index contributed by atoms with van der Waals surface area (Å²) in [5.41, 5.74) is 0.123. The van der Waals surface area contributed by atoms with Crippen LogP contribution in [-0.2, 0) is 11.3 Å². The normalized spacial score (nSPS) is 9.31. The third kappa shape index (κ3) is 2.37. The third-order valence-corrected chi connectivity index (χ3v) is 1.95. The number of isocyanates is 1. The van der Waals surface area contributed by atoms with Crippen LogP contribution < -0.4 is 4.74 Å². The van der Waals surface area contributed by atoms with Crippen molar-refractivity contribution >= 4 is 12.0 Å². The van der Waals surface area contributed by atoms with Crippen LogP contribution in [0.3, 0.4) is 0 Å². The van der Waals surface area contributed by atoms with Crippen LogP contribution in [0, 0.1) is 0 Å². The summed E-state index contributed by atoms with van der Waals surface area (Å²) in [6.07, 6.45) is 1.31. The van der Waals surface area contributed by atoms with Gasteiger partial charge >= 0.3 is 5.97 Å². The first-order chi connectivity index (χ1) is 7.60. The largest absolute Gasteiger partial charge is 0.507 e. The fourth-order valence-corrected chi connectivity index (χ4v) is 1.19. The molecule has 84 valence electrons. The lowest BCUT2D eigenvalue weighted by atomic mass is 10.1. The molecule has 6 heteroatoms. The minimum absolute atomic E-state index is 0.0452. The number of methoxy groups -OCH3 is 1. The number of nitrogens with zero attached hydrogens (tertiary/aromatic N) is 1. The summed E-state index contributed by atoms with van der Waals surface area (Å²) < 4.78 is 4.80. The van der Waals surface area contributed by atoms with E-state index in [9.17, 15) is 14.7 Å². The van der Waals surface area contributed by atoms with Crippen molar-refractivity contribution in [2.45, 2.75) is 6.54 Å². The predicted octanol–water partition coefficient (Wildman–Crippen LogP) is 0.935. The van der Waals surface area contributed by atoms with Crippen molar-refractivity contribution in [2.24, 2.45) is 4.99 Å². The molecule has 16 heavy (non-hydrogen) atoms. The van der Waals surface area contributed by atoms with Gasteiger partial charge in [0.2, 0.25) is 6.08 Å². The molecule has 0 atom stereocenters. The number of carboxylic acids is 1. The Morgan fingerprint density at radius 2 is 2.25 bits per heavy atom. The lowest BCUT2D eigenvalue weighted by molar-refractivity contribution is 0.0693. The molecule has 0 spiro atoms. The number of carbonyl (C=O) groups excluding carboxylic acids is 1. The van der Waals surface area contributed by atoms with Crippen molar-refractivity contribution in [3.05, 3.63) is 23.3 Å². The quantitative estimate of drug-likeness (QED) is 0.584. The van der Waals surface area contributed by atoms with Crippen LogP contribution in [-0.4, -0.2) is 29.4 Å². The van der Waals surface area contributed by atoms with Gasteiger partial charge in [0.15, 0.2) is 0 Å². The fraction of sp³-hybridized carbons (Fsp3) is 0.200. The molecule has 1 rings (SSSR count). The highest BCUT2D eigenvalue weighted by Gasteiger charge is 2.14. The van der Waals surface area contributed by atoms with Crippen LogP contribution >= 0.6 is 0 Å². The van der Waals surface area contributed by atoms with Gasteiger partial charge in [0, 0.05) is 11.6 Å². The molecule has 0 fully saturated rings. The van der Waals surface area contributed by atoms with Crippen LogP contribution in [0.5, 0.6) is 11.5 Å². The second-order valence-corrected chi connectivity index (χ2v) is 2.89. The molecule has 0 aliphatic carbocycles. The van der Waals surface area contributed by atoms with Gasteiger partial charge in [-0.1, -0.05) is 0 Å². The third-order valence-electron chi connectivity index (χ3n) is 1.95.